The average molecular weight is 341 g/mol. The van der Waals surface area contributed by atoms with Crippen LogP contribution in [0.25, 0.3) is 0 Å². The van der Waals surface area contributed by atoms with Crippen LogP contribution in [0.2, 0.25) is 0 Å². The number of ether oxygens (including phenoxy) is 3. The number of amides is 1. The topological polar surface area (TPSA) is 48.0 Å². The molecule has 0 aliphatic carbocycles. The van der Waals surface area contributed by atoms with Gasteiger partial charge in [-0.15, -0.1) is 0 Å². The molecule has 0 unspecified atom stereocenters. The van der Waals surface area contributed by atoms with Crippen LogP contribution in [0.1, 0.15) is 30.0 Å². The van der Waals surface area contributed by atoms with E-state index in [1.54, 1.807) is 19.1 Å². The van der Waals surface area contributed by atoms with E-state index < -0.39 is 0 Å². The van der Waals surface area contributed by atoms with E-state index in [0.29, 0.717) is 6.54 Å². The SMILES string of the molecule is COc1ccc(OC)c([C@@H]2CCCN2C(=O)OCc2ccccc2)c1. The number of carbonyl (C=O) groups is 1. The number of nitrogens with zero attached hydrogens (tertiary/aromatic N) is 1. The molecule has 0 saturated carbocycles. The first-order valence-electron chi connectivity index (χ1n) is 8.42. The van der Waals surface area contributed by atoms with Crippen LogP contribution >= 0.6 is 0 Å². The lowest BCUT2D eigenvalue weighted by Gasteiger charge is -2.26. The van der Waals surface area contributed by atoms with E-state index in [2.05, 4.69) is 0 Å². The fourth-order valence-electron chi connectivity index (χ4n) is 3.21. The maximum absolute atomic E-state index is 12.6. The van der Waals surface area contributed by atoms with E-state index in [1.165, 1.54) is 0 Å². The lowest BCUT2D eigenvalue weighted by molar-refractivity contribution is 0.0917. The minimum atomic E-state index is -0.295. The molecule has 0 spiro atoms. The summed E-state index contributed by atoms with van der Waals surface area (Å²) in [5.74, 6) is 1.51. The highest BCUT2D eigenvalue weighted by molar-refractivity contribution is 5.69. The van der Waals surface area contributed by atoms with E-state index in [0.717, 1.165) is 35.5 Å². The molecule has 1 aliphatic rings. The van der Waals surface area contributed by atoms with Crippen molar-refractivity contribution in [3.05, 3.63) is 59.7 Å². The molecule has 2 aromatic rings. The number of hydrogen-bond acceptors (Lipinski definition) is 4. The molecule has 1 saturated heterocycles. The molecule has 1 aliphatic heterocycles. The molecule has 1 amide bonds. The van der Waals surface area contributed by atoms with Crippen LogP contribution in [0.5, 0.6) is 11.5 Å². The van der Waals surface area contributed by atoms with Crippen molar-refractivity contribution in [1.82, 2.24) is 4.90 Å². The van der Waals surface area contributed by atoms with Crippen LogP contribution < -0.4 is 9.47 Å². The van der Waals surface area contributed by atoms with E-state index in [9.17, 15) is 4.79 Å². The van der Waals surface area contributed by atoms with Gasteiger partial charge in [0.15, 0.2) is 0 Å². The second kappa shape index (κ2) is 7.92. The maximum Gasteiger partial charge on any atom is 0.410 e. The summed E-state index contributed by atoms with van der Waals surface area (Å²) in [6, 6.07) is 15.3. The van der Waals surface area contributed by atoms with Gasteiger partial charge < -0.3 is 19.1 Å². The van der Waals surface area contributed by atoms with E-state index in [4.69, 9.17) is 14.2 Å². The molecule has 1 atom stereocenters. The van der Waals surface area contributed by atoms with Gasteiger partial charge in [0.25, 0.3) is 0 Å². The molecular weight excluding hydrogens is 318 g/mol. The van der Waals surface area contributed by atoms with Gasteiger partial charge in [-0.1, -0.05) is 30.3 Å². The van der Waals surface area contributed by atoms with Crippen LogP contribution in [0.3, 0.4) is 0 Å². The summed E-state index contributed by atoms with van der Waals surface area (Å²) in [5, 5.41) is 0. The Labute approximate surface area is 148 Å². The molecule has 25 heavy (non-hydrogen) atoms. The zero-order valence-corrected chi connectivity index (χ0v) is 14.6. The standard InChI is InChI=1S/C20H23NO4/c1-23-16-10-11-19(24-2)17(13-16)18-9-6-12-21(18)20(22)25-14-15-7-4-3-5-8-15/h3-5,7-8,10-11,13,18H,6,9,12,14H2,1-2H3/t18-/m0/s1. The zero-order valence-electron chi connectivity index (χ0n) is 14.6. The molecule has 2 aromatic carbocycles. The number of likely N-dealkylation sites (tertiary alicyclic amines) is 1. The highest BCUT2D eigenvalue weighted by Crippen LogP contribution is 2.39. The van der Waals surface area contributed by atoms with Crippen molar-refractivity contribution in [2.75, 3.05) is 20.8 Å². The highest BCUT2D eigenvalue weighted by atomic mass is 16.6. The molecule has 1 heterocycles. The van der Waals surface area contributed by atoms with Gasteiger partial charge >= 0.3 is 6.09 Å². The van der Waals surface area contributed by atoms with Crippen LogP contribution in [-0.2, 0) is 11.3 Å². The third kappa shape index (κ3) is 3.87. The Bertz CT molecular complexity index is 717. The maximum atomic E-state index is 12.6. The highest BCUT2D eigenvalue weighted by Gasteiger charge is 2.33. The minimum Gasteiger partial charge on any atom is -0.497 e. The summed E-state index contributed by atoms with van der Waals surface area (Å²) in [5.41, 5.74) is 1.93. The molecule has 0 aromatic heterocycles. The van der Waals surface area contributed by atoms with Crippen molar-refractivity contribution >= 4 is 6.09 Å². The van der Waals surface area contributed by atoms with Crippen LogP contribution in [0.15, 0.2) is 48.5 Å². The van der Waals surface area contributed by atoms with Crippen molar-refractivity contribution in [1.29, 1.82) is 0 Å². The Kier molecular flexibility index (Phi) is 5.43. The number of carbonyl (C=O) groups excluding carboxylic acids is 1. The largest absolute Gasteiger partial charge is 0.497 e. The van der Waals surface area contributed by atoms with Crippen LogP contribution in [-0.4, -0.2) is 31.8 Å². The molecule has 0 bridgehead atoms. The van der Waals surface area contributed by atoms with Gasteiger partial charge in [-0.3, -0.25) is 0 Å². The first kappa shape index (κ1) is 17.1. The Morgan fingerprint density at radius 1 is 1.12 bits per heavy atom. The summed E-state index contributed by atoms with van der Waals surface area (Å²) in [6.45, 7) is 0.955. The van der Waals surface area contributed by atoms with Gasteiger partial charge in [-0.05, 0) is 36.6 Å². The predicted octanol–water partition coefficient (Wildman–Crippen LogP) is 4.18. The summed E-state index contributed by atoms with van der Waals surface area (Å²) in [7, 11) is 3.27. The van der Waals surface area contributed by atoms with E-state index in [1.807, 2.05) is 48.5 Å². The van der Waals surface area contributed by atoms with Crippen molar-refractivity contribution in [2.24, 2.45) is 0 Å². The summed E-state index contributed by atoms with van der Waals surface area (Å²) in [4.78, 5) is 14.4. The lowest BCUT2D eigenvalue weighted by Crippen LogP contribution is -2.31. The third-order valence-electron chi connectivity index (χ3n) is 4.49. The van der Waals surface area contributed by atoms with E-state index in [-0.39, 0.29) is 18.7 Å². The zero-order chi connectivity index (χ0) is 17.6. The molecule has 132 valence electrons. The molecule has 0 radical (unpaired) electrons. The van der Waals surface area contributed by atoms with Crippen LogP contribution in [0, 0.1) is 0 Å². The van der Waals surface area contributed by atoms with Crippen LogP contribution in [0.4, 0.5) is 4.79 Å². The van der Waals surface area contributed by atoms with Crippen molar-refractivity contribution < 1.29 is 19.0 Å². The van der Waals surface area contributed by atoms with Gasteiger partial charge in [0.1, 0.15) is 18.1 Å². The van der Waals surface area contributed by atoms with Gasteiger partial charge in [0.2, 0.25) is 0 Å². The Hall–Kier alpha value is -2.69. The molecular formula is C20H23NO4. The minimum absolute atomic E-state index is 0.0617. The average Bonchev–Trinajstić information content (AvgIpc) is 3.16. The smallest absolute Gasteiger partial charge is 0.410 e. The fraction of sp³-hybridized carbons (Fsp3) is 0.350. The van der Waals surface area contributed by atoms with Gasteiger partial charge in [-0.25, -0.2) is 4.79 Å². The lowest BCUT2D eigenvalue weighted by atomic mass is 10.0. The monoisotopic (exact) mass is 341 g/mol. The van der Waals surface area contributed by atoms with Crippen molar-refractivity contribution in [3.63, 3.8) is 0 Å². The molecule has 1 fully saturated rings. The Morgan fingerprint density at radius 2 is 1.92 bits per heavy atom. The first-order chi connectivity index (χ1) is 12.2. The summed E-state index contributed by atoms with van der Waals surface area (Å²) >= 11 is 0. The Balaban J connectivity index is 1.75. The number of hydrogen-bond donors (Lipinski definition) is 0. The molecule has 5 nitrogen and oxygen atoms in total. The second-order valence-corrected chi connectivity index (χ2v) is 6.00. The number of benzene rings is 2. The Morgan fingerprint density at radius 3 is 2.64 bits per heavy atom. The number of rotatable bonds is 5. The number of methoxy groups -OCH3 is 2. The van der Waals surface area contributed by atoms with Gasteiger partial charge in [-0.2, -0.15) is 0 Å². The summed E-state index contributed by atoms with van der Waals surface area (Å²) in [6.07, 6.45) is 1.52. The fourth-order valence-corrected chi connectivity index (χ4v) is 3.21. The quantitative estimate of drug-likeness (QED) is 0.819. The molecule has 5 heteroatoms. The summed E-state index contributed by atoms with van der Waals surface area (Å²) < 4.78 is 16.3. The predicted molar refractivity (Wildman–Crippen MR) is 94.9 cm³/mol. The van der Waals surface area contributed by atoms with Crippen molar-refractivity contribution in [2.45, 2.75) is 25.5 Å². The van der Waals surface area contributed by atoms with E-state index >= 15 is 0 Å². The van der Waals surface area contributed by atoms with Crippen molar-refractivity contribution in [3.8, 4) is 11.5 Å². The first-order valence-corrected chi connectivity index (χ1v) is 8.42. The second-order valence-electron chi connectivity index (χ2n) is 6.00. The van der Waals surface area contributed by atoms with Gasteiger partial charge in [0.05, 0.1) is 20.3 Å². The third-order valence-corrected chi connectivity index (χ3v) is 4.49. The molecule has 0 N–H and O–H groups in total. The van der Waals surface area contributed by atoms with Gasteiger partial charge in [0, 0.05) is 12.1 Å². The molecule has 3 rings (SSSR count). The normalized spacial score (nSPS) is 16.6.